The van der Waals surface area contributed by atoms with Crippen LogP contribution < -0.4 is 5.73 Å². The Hall–Kier alpha value is -0.820. The van der Waals surface area contributed by atoms with Crippen molar-refractivity contribution in [3.8, 4) is 0 Å². The molecular weight excluding hydrogens is 273 g/mol. The fourth-order valence-corrected chi connectivity index (χ4v) is 3.08. The lowest BCUT2D eigenvalue weighted by atomic mass is 9.83. The summed E-state index contributed by atoms with van der Waals surface area (Å²) in [7, 11) is 0. The van der Waals surface area contributed by atoms with E-state index in [0.29, 0.717) is 0 Å². The summed E-state index contributed by atoms with van der Waals surface area (Å²) >= 11 is 0. The molecule has 1 amide bonds. The second-order valence-electron chi connectivity index (χ2n) is 6.01. The Morgan fingerprint density at radius 2 is 2.00 bits per heavy atom. The summed E-state index contributed by atoms with van der Waals surface area (Å²) in [5, 5.41) is 9.56. The van der Waals surface area contributed by atoms with E-state index >= 15 is 0 Å². The molecule has 1 aliphatic carbocycles. The molecule has 3 atom stereocenters. The van der Waals surface area contributed by atoms with Gasteiger partial charge in [-0.15, -0.1) is 0 Å². The predicted molar refractivity (Wildman–Crippen MR) is 66.8 cm³/mol. The maximum atomic E-state index is 12.7. The molecule has 0 aromatic carbocycles. The summed E-state index contributed by atoms with van der Waals surface area (Å²) in [6, 6.07) is -0.0446. The number of carbonyl (C=O) groups excluding carboxylic acids is 1. The van der Waals surface area contributed by atoms with E-state index < -0.39 is 24.7 Å². The topological polar surface area (TPSA) is 66.6 Å². The minimum absolute atomic E-state index is 0.0446. The van der Waals surface area contributed by atoms with Gasteiger partial charge < -0.3 is 15.7 Å². The van der Waals surface area contributed by atoms with Gasteiger partial charge in [-0.3, -0.25) is 4.79 Å². The highest BCUT2D eigenvalue weighted by atomic mass is 19.4. The van der Waals surface area contributed by atoms with Gasteiger partial charge in [0.15, 0.2) is 5.60 Å². The molecule has 0 radical (unpaired) electrons. The average molecular weight is 294 g/mol. The Morgan fingerprint density at radius 1 is 1.35 bits per heavy atom. The minimum atomic E-state index is -4.69. The van der Waals surface area contributed by atoms with Gasteiger partial charge in [-0.25, -0.2) is 0 Å². The minimum Gasteiger partial charge on any atom is -0.379 e. The van der Waals surface area contributed by atoms with Crippen molar-refractivity contribution in [1.29, 1.82) is 0 Å². The smallest absolute Gasteiger partial charge is 0.379 e. The fraction of sp³-hybridized carbons (Fsp3) is 0.923. The predicted octanol–water partition coefficient (Wildman–Crippen LogP) is 1.42. The Labute approximate surface area is 116 Å². The maximum Gasteiger partial charge on any atom is 0.419 e. The SMILES string of the molecule is NC1CCCCC1CC(=O)N1CCC(O)(C(F)(F)F)C1. The van der Waals surface area contributed by atoms with Crippen LogP contribution in [0.25, 0.3) is 0 Å². The number of hydrogen-bond acceptors (Lipinski definition) is 3. The number of rotatable bonds is 2. The molecule has 116 valence electrons. The van der Waals surface area contributed by atoms with E-state index in [-0.39, 0.29) is 30.8 Å². The first-order valence-electron chi connectivity index (χ1n) is 7.05. The molecule has 0 bridgehead atoms. The van der Waals surface area contributed by atoms with E-state index in [2.05, 4.69) is 0 Å². The third kappa shape index (κ3) is 3.09. The van der Waals surface area contributed by atoms with Crippen LogP contribution in [0, 0.1) is 5.92 Å². The maximum absolute atomic E-state index is 12.7. The lowest BCUT2D eigenvalue weighted by Crippen LogP contribution is -2.48. The molecule has 2 aliphatic rings. The highest BCUT2D eigenvalue weighted by Gasteiger charge is 2.57. The molecule has 3 N–H and O–H groups in total. The van der Waals surface area contributed by atoms with Crippen molar-refractivity contribution in [2.75, 3.05) is 13.1 Å². The molecule has 20 heavy (non-hydrogen) atoms. The van der Waals surface area contributed by atoms with Crippen LogP contribution in [0.5, 0.6) is 0 Å². The lowest BCUT2D eigenvalue weighted by molar-refractivity contribution is -0.253. The number of likely N-dealkylation sites (tertiary alicyclic amines) is 1. The molecule has 4 nitrogen and oxygen atoms in total. The molecule has 1 saturated carbocycles. The summed E-state index contributed by atoms with van der Waals surface area (Å²) in [5.74, 6) is -0.275. The van der Waals surface area contributed by atoms with Crippen LogP contribution in [0.15, 0.2) is 0 Å². The van der Waals surface area contributed by atoms with Gasteiger partial charge in [0.25, 0.3) is 0 Å². The molecule has 0 aromatic rings. The first-order valence-corrected chi connectivity index (χ1v) is 7.05. The van der Waals surface area contributed by atoms with Crippen molar-refractivity contribution in [2.45, 2.75) is 56.3 Å². The highest BCUT2D eigenvalue weighted by molar-refractivity contribution is 5.77. The van der Waals surface area contributed by atoms with E-state index in [1.807, 2.05) is 0 Å². The Morgan fingerprint density at radius 3 is 2.55 bits per heavy atom. The standard InChI is InChI=1S/C13H21F3N2O2/c14-13(15,16)12(20)5-6-18(8-12)11(19)7-9-3-1-2-4-10(9)17/h9-10,20H,1-8,17H2. The van der Waals surface area contributed by atoms with E-state index in [4.69, 9.17) is 5.73 Å². The van der Waals surface area contributed by atoms with Gasteiger partial charge in [0, 0.05) is 25.4 Å². The zero-order valence-electron chi connectivity index (χ0n) is 11.3. The van der Waals surface area contributed by atoms with Crippen LogP contribution in [0.3, 0.4) is 0 Å². The fourth-order valence-electron chi connectivity index (χ4n) is 3.08. The van der Waals surface area contributed by atoms with Crippen LogP contribution in [0.1, 0.15) is 38.5 Å². The van der Waals surface area contributed by atoms with Crippen molar-refractivity contribution in [3.05, 3.63) is 0 Å². The van der Waals surface area contributed by atoms with E-state index in [9.17, 15) is 23.1 Å². The summed E-state index contributed by atoms with van der Waals surface area (Å²) in [4.78, 5) is 13.2. The Bertz CT molecular complexity index is 375. The van der Waals surface area contributed by atoms with Gasteiger partial charge in [0.1, 0.15) is 0 Å². The van der Waals surface area contributed by atoms with Crippen LogP contribution in [0.4, 0.5) is 13.2 Å². The monoisotopic (exact) mass is 294 g/mol. The van der Waals surface area contributed by atoms with Gasteiger partial charge in [-0.05, 0) is 18.8 Å². The van der Waals surface area contributed by atoms with Crippen molar-refractivity contribution in [3.63, 3.8) is 0 Å². The molecule has 7 heteroatoms. The van der Waals surface area contributed by atoms with Gasteiger partial charge >= 0.3 is 6.18 Å². The molecule has 0 aromatic heterocycles. The van der Waals surface area contributed by atoms with E-state index in [1.165, 1.54) is 0 Å². The third-order valence-electron chi connectivity index (χ3n) is 4.53. The first kappa shape index (κ1) is 15.6. The van der Waals surface area contributed by atoms with Gasteiger partial charge in [-0.2, -0.15) is 13.2 Å². The summed E-state index contributed by atoms with van der Waals surface area (Å²) in [6.45, 7) is -0.700. The molecule has 3 unspecified atom stereocenters. The van der Waals surface area contributed by atoms with Crippen LogP contribution >= 0.6 is 0 Å². The molecule has 2 fully saturated rings. The molecule has 1 aliphatic heterocycles. The molecular formula is C13H21F3N2O2. The zero-order valence-corrected chi connectivity index (χ0v) is 11.3. The van der Waals surface area contributed by atoms with E-state index in [1.54, 1.807) is 0 Å². The first-order chi connectivity index (χ1) is 9.23. The molecule has 0 spiro atoms. The van der Waals surface area contributed by atoms with Gasteiger partial charge in [0.05, 0.1) is 6.54 Å². The van der Waals surface area contributed by atoms with Crippen LogP contribution in [-0.2, 0) is 4.79 Å². The second-order valence-corrected chi connectivity index (χ2v) is 6.01. The average Bonchev–Trinajstić information content (AvgIpc) is 2.76. The normalized spacial score (nSPS) is 35.4. The Kier molecular flexibility index (Phi) is 4.30. The van der Waals surface area contributed by atoms with E-state index in [0.717, 1.165) is 30.6 Å². The third-order valence-corrected chi connectivity index (χ3v) is 4.53. The number of halogens is 3. The number of aliphatic hydroxyl groups is 1. The number of amides is 1. The molecule has 1 heterocycles. The molecule has 1 saturated heterocycles. The Balaban J connectivity index is 1.91. The van der Waals surface area contributed by atoms with Crippen molar-refractivity contribution in [2.24, 2.45) is 11.7 Å². The molecule has 2 rings (SSSR count). The largest absolute Gasteiger partial charge is 0.419 e. The number of hydrogen-bond donors (Lipinski definition) is 2. The lowest BCUT2D eigenvalue weighted by Gasteiger charge is -2.30. The number of carbonyl (C=O) groups is 1. The van der Waals surface area contributed by atoms with Crippen molar-refractivity contribution >= 4 is 5.91 Å². The summed E-state index contributed by atoms with van der Waals surface area (Å²) < 4.78 is 38.1. The summed E-state index contributed by atoms with van der Waals surface area (Å²) in [5.41, 5.74) is 3.20. The van der Waals surface area contributed by atoms with Gasteiger partial charge in [0.2, 0.25) is 5.91 Å². The van der Waals surface area contributed by atoms with Crippen molar-refractivity contribution in [1.82, 2.24) is 4.90 Å². The number of alkyl halides is 3. The van der Waals surface area contributed by atoms with Crippen molar-refractivity contribution < 1.29 is 23.1 Å². The number of nitrogens with two attached hydrogens (primary N) is 1. The van der Waals surface area contributed by atoms with Crippen LogP contribution in [0.2, 0.25) is 0 Å². The second kappa shape index (κ2) is 5.52. The quantitative estimate of drug-likeness (QED) is 0.809. The van der Waals surface area contributed by atoms with Gasteiger partial charge in [-0.1, -0.05) is 12.8 Å². The number of β-amino-alcohol motifs (C(OH)–C–C–N with tert-alkyl or cyclic N) is 1. The summed E-state index contributed by atoms with van der Waals surface area (Å²) in [6.07, 6.45) is -1.17. The van der Waals surface area contributed by atoms with Crippen LogP contribution in [-0.4, -0.2) is 46.8 Å². The highest BCUT2D eigenvalue weighted by Crippen LogP contribution is 2.38. The zero-order chi connectivity index (χ0) is 15.0. The number of nitrogens with zero attached hydrogens (tertiary/aromatic N) is 1.